The summed E-state index contributed by atoms with van der Waals surface area (Å²) in [7, 11) is 1.40. The third-order valence-electron chi connectivity index (χ3n) is 7.49. The molecule has 1 aromatic carbocycles. The number of carbonyl (C=O) groups excluding carboxylic acids is 1. The summed E-state index contributed by atoms with van der Waals surface area (Å²) in [6, 6.07) is 15.7. The zero-order valence-corrected chi connectivity index (χ0v) is 23.0. The van der Waals surface area contributed by atoms with E-state index in [1.807, 2.05) is 36.5 Å². The number of pyridine rings is 1. The molecule has 2 fully saturated rings. The third-order valence-corrected chi connectivity index (χ3v) is 7.84. The van der Waals surface area contributed by atoms with Gasteiger partial charge in [-0.15, -0.1) is 0 Å². The van der Waals surface area contributed by atoms with E-state index in [9.17, 15) is 4.79 Å². The maximum Gasteiger partial charge on any atom is 0.337 e. The van der Waals surface area contributed by atoms with Gasteiger partial charge in [0.1, 0.15) is 0 Å². The Morgan fingerprint density at radius 2 is 1.95 bits per heavy atom. The molecule has 0 radical (unpaired) electrons. The summed E-state index contributed by atoms with van der Waals surface area (Å²) in [6.07, 6.45) is 2.84. The molecule has 2 aliphatic heterocycles. The van der Waals surface area contributed by atoms with Crippen LogP contribution in [0.25, 0.3) is 5.69 Å². The lowest BCUT2D eigenvalue weighted by Crippen LogP contribution is -2.39. The number of aromatic nitrogens is 2. The second-order valence-corrected chi connectivity index (χ2v) is 10.2. The number of rotatable bonds is 8. The molecule has 0 aliphatic carbocycles. The molecule has 2 aromatic heterocycles. The monoisotopic (exact) mass is 533 g/mol. The van der Waals surface area contributed by atoms with Crippen LogP contribution in [0.3, 0.4) is 0 Å². The van der Waals surface area contributed by atoms with E-state index >= 15 is 0 Å². The van der Waals surface area contributed by atoms with E-state index in [1.165, 1.54) is 12.7 Å². The summed E-state index contributed by atoms with van der Waals surface area (Å²) >= 11 is 5.90. The molecule has 3 aromatic rings. The highest BCUT2D eigenvalue weighted by atomic mass is 32.1. The molecule has 200 valence electrons. The minimum atomic E-state index is -0.346. The van der Waals surface area contributed by atoms with E-state index in [4.69, 9.17) is 21.7 Å². The molecule has 1 N–H and O–H groups in total. The van der Waals surface area contributed by atoms with Gasteiger partial charge in [-0.25, -0.2) is 4.79 Å². The first kappa shape index (κ1) is 26.3. The Kier molecular flexibility index (Phi) is 8.06. The van der Waals surface area contributed by atoms with E-state index in [0.717, 1.165) is 73.7 Å². The Hall–Kier alpha value is -3.27. The van der Waals surface area contributed by atoms with Gasteiger partial charge < -0.3 is 24.3 Å². The van der Waals surface area contributed by atoms with Gasteiger partial charge in [0.05, 0.1) is 43.7 Å². The first-order valence-corrected chi connectivity index (χ1v) is 13.5. The number of nitrogens with zero attached hydrogens (tertiary/aromatic N) is 4. The predicted octanol–water partition coefficient (Wildman–Crippen LogP) is 3.97. The summed E-state index contributed by atoms with van der Waals surface area (Å²) < 4.78 is 12.7. The number of benzene rings is 1. The quantitative estimate of drug-likeness (QED) is 0.345. The SMILES string of the molecule is COC(=O)c1cccc(-n2c(C)cc([C@@H]3[C@@H](c4ccccn4)NC(=S)N3CCCN3CCOCC3)c2C)c1. The number of methoxy groups -OCH3 is 1. The molecular weight excluding hydrogens is 498 g/mol. The summed E-state index contributed by atoms with van der Waals surface area (Å²) in [4.78, 5) is 21.7. The standard InChI is InChI=1S/C29H35N5O3S/c1-20-18-24(21(2)34(20)23-9-6-8-22(19-23)28(35)36-3)27-26(25-10-4-5-11-30-25)31-29(38)33(27)13-7-12-32-14-16-37-17-15-32/h4-6,8-11,18-19,26-27H,7,12-17H2,1-3H3,(H,31,38)/t26-,27-/m1/s1. The topological polar surface area (TPSA) is 71.9 Å². The van der Waals surface area contributed by atoms with Crippen LogP contribution in [0.2, 0.25) is 0 Å². The van der Waals surface area contributed by atoms with Crippen molar-refractivity contribution in [2.45, 2.75) is 32.4 Å². The summed E-state index contributed by atoms with van der Waals surface area (Å²) in [5, 5.41) is 4.33. The number of morpholine rings is 1. The fourth-order valence-corrected chi connectivity index (χ4v) is 5.98. The van der Waals surface area contributed by atoms with Gasteiger partial charge in [-0.2, -0.15) is 0 Å². The van der Waals surface area contributed by atoms with Crippen LogP contribution in [0.4, 0.5) is 0 Å². The molecule has 4 heterocycles. The Labute approximate surface area is 229 Å². The van der Waals surface area contributed by atoms with Crippen molar-refractivity contribution in [1.82, 2.24) is 24.7 Å². The van der Waals surface area contributed by atoms with Crippen molar-refractivity contribution in [3.63, 3.8) is 0 Å². The largest absolute Gasteiger partial charge is 0.465 e. The number of aryl methyl sites for hydroxylation is 1. The normalized spacial score (nSPS) is 20.0. The Bertz CT molecular complexity index is 1290. The van der Waals surface area contributed by atoms with Crippen molar-refractivity contribution in [3.8, 4) is 5.69 Å². The van der Waals surface area contributed by atoms with E-state index < -0.39 is 0 Å². The summed E-state index contributed by atoms with van der Waals surface area (Å²) in [6.45, 7) is 9.66. The van der Waals surface area contributed by atoms with Gasteiger partial charge in [-0.1, -0.05) is 12.1 Å². The molecule has 9 heteroatoms. The number of thiocarbonyl (C=S) groups is 1. The van der Waals surface area contributed by atoms with Crippen molar-refractivity contribution in [1.29, 1.82) is 0 Å². The third kappa shape index (κ3) is 5.32. The second kappa shape index (κ2) is 11.6. The number of ether oxygens (including phenoxy) is 2. The van der Waals surface area contributed by atoms with Gasteiger partial charge in [-0.3, -0.25) is 9.88 Å². The minimum absolute atomic E-state index is 0.00849. The zero-order chi connectivity index (χ0) is 26.6. The molecule has 2 aliphatic rings. The molecule has 38 heavy (non-hydrogen) atoms. The number of carbonyl (C=O) groups is 1. The van der Waals surface area contributed by atoms with Crippen LogP contribution in [0.15, 0.2) is 54.7 Å². The van der Waals surface area contributed by atoms with Gasteiger partial charge in [0.15, 0.2) is 5.11 Å². The first-order chi connectivity index (χ1) is 18.5. The molecule has 2 saturated heterocycles. The predicted molar refractivity (Wildman–Crippen MR) is 151 cm³/mol. The van der Waals surface area contributed by atoms with Crippen LogP contribution < -0.4 is 5.32 Å². The number of esters is 1. The van der Waals surface area contributed by atoms with Gasteiger partial charge in [0.25, 0.3) is 0 Å². The number of hydrogen-bond donors (Lipinski definition) is 1. The number of nitrogens with one attached hydrogen (secondary N) is 1. The molecule has 8 nitrogen and oxygen atoms in total. The van der Waals surface area contributed by atoms with Gasteiger partial charge in [0, 0.05) is 49.5 Å². The van der Waals surface area contributed by atoms with E-state index in [2.05, 4.69) is 50.6 Å². The van der Waals surface area contributed by atoms with E-state index in [1.54, 1.807) is 6.07 Å². The molecule has 0 amide bonds. The average molecular weight is 534 g/mol. The van der Waals surface area contributed by atoms with Gasteiger partial charge in [0.2, 0.25) is 0 Å². The molecular formula is C29H35N5O3S. The fourth-order valence-electron chi connectivity index (χ4n) is 5.65. The van der Waals surface area contributed by atoms with Crippen LogP contribution in [-0.2, 0) is 9.47 Å². The molecule has 5 rings (SSSR count). The van der Waals surface area contributed by atoms with E-state index in [0.29, 0.717) is 5.56 Å². The van der Waals surface area contributed by atoms with Crippen molar-refractivity contribution in [2.24, 2.45) is 0 Å². The van der Waals surface area contributed by atoms with E-state index in [-0.39, 0.29) is 18.1 Å². The minimum Gasteiger partial charge on any atom is -0.465 e. The lowest BCUT2D eigenvalue weighted by Gasteiger charge is -2.30. The molecule has 2 atom stereocenters. The second-order valence-electron chi connectivity index (χ2n) is 9.83. The molecule has 0 spiro atoms. The molecule has 0 bridgehead atoms. The Balaban J connectivity index is 1.48. The van der Waals surface area contributed by atoms with Crippen LogP contribution in [0.1, 0.15) is 51.5 Å². The molecule has 0 saturated carbocycles. The van der Waals surface area contributed by atoms with Crippen LogP contribution in [0, 0.1) is 13.8 Å². The smallest absolute Gasteiger partial charge is 0.337 e. The maximum absolute atomic E-state index is 12.2. The van der Waals surface area contributed by atoms with Crippen molar-refractivity contribution in [3.05, 3.63) is 82.9 Å². The lowest BCUT2D eigenvalue weighted by molar-refractivity contribution is 0.0365. The maximum atomic E-state index is 12.2. The highest BCUT2D eigenvalue weighted by molar-refractivity contribution is 7.80. The Morgan fingerprint density at radius 3 is 2.68 bits per heavy atom. The van der Waals surface area contributed by atoms with Gasteiger partial charge >= 0.3 is 5.97 Å². The van der Waals surface area contributed by atoms with Crippen molar-refractivity contribution < 1.29 is 14.3 Å². The van der Waals surface area contributed by atoms with Crippen LogP contribution >= 0.6 is 12.2 Å². The molecule has 0 unspecified atom stereocenters. The first-order valence-electron chi connectivity index (χ1n) is 13.1. The van der Waals surface area contributed by atoms with Crippen molar-refractivity contribution in [2.75, 3.05) is 46.5 Å². The van der Waals surface area contributed by atoms with Crippen LogP contribution in [0.5, 0.6) is 0 Å². The lowest BCUT2D eigenvalue weighted by atomic mass is 9.96. The van der Waals surface area contributed by atoms with Crippen LogP contribution in [-0.4, -0.2) is 76.9 Å². The fraction of sp³-hybridized carbons (Fsp3) is 0.414. The zero-order valence-electron chi connectivity index (χ0n) is 22.2. The highest BCUT2D eigenvalue weighted by Gasteiger charge is 2.41. The average Bonchev–Trinajstić information content (AvgIpc) is 3.43. The summed E-state index contributed by atoms with van der Waals surface area (Å²) in [5.74, 6) is -0.346. The summed E-state index contributed by atoms with van der Waals surface area (Å²) in [5.41, 5.74) is 5.81. The Morgan fingerprint density at radius 1 is 1.13 bits per heavy atom. The number of hydrogen-bond acceptors (Lipinski definition) is 6. The van der Waals surface area contributed by atoms with Gasteiger partial charge in [-0.05, 0) is 74.4 Å². The highest BCUT2D eigenvalue weighted by Crippen LogP contribution is 2.41. The van der Waals surface area contributed by atoms with Crippen molar-refractivity contribution >= 4 is 23.3 Å².